The number of nitrogens with one attached hydrogen (secondary N) is 1. The second-order valence-electron chi connectivity index (χ2n) is 8.76. The van der Waals surface area contributed by atoms with Gasteiger partial charge in [-0.05, 0) is 23.5 Å². The molecular weight excluding hydrogens is 336 g/mol. The molecule has 4 heteroatoms. The van der Waals surface area contributed by atoms with Crippen LogP contribution in [0.4, 0.5) is 4.79 Å². The van der Waals surface area contributed by atoms with Gasteiger partial charge in [-0.15, -0.1) is 0 Å². The summed E-state index contributed by atoms with van der Waals surface area (Å²) in [5.41, 5.74) is 1.89. The highest BCUT2D eigenvalue weighted by Crippen LogP contribution is 2.44. The summed E-state index contributed by atoms with van der Waals surface area (Å²) in [6.45, 7) is 10.1. The maximum atomic E-state index is 11.4. The second-order valence-corrected chi connectivity index (χ2v) is 8.76. The van der Waals surface area contributed by atoms with Crippen molar-refractivity contribution < 1.29 is 9.90 Å². The Labute approximate surface area is 162 Å². The molecule has 0 aromatic heterocycles. The van der Waals surface area contributed by atoms with Crippen LogP contribution in [0.25, 0.3) is 0 Å². The quantitative estimate of drug-likeness (QED) is 0.801. The molecule has 1 amide bonds. The number of carboxylic acid groups (broad SMARTS) is 1. The van der Waals surface area contributed by atoms with Crippen LogP contribution in [0.1, 0.15) is 44.9 Å². The Morgan fingerprint density at radius 2 is 1.41 bits per heavy atom. The first kappa shape index (κ1) is 19.4. The highest BCUT2D eigenvalue weighted by atomic mass is 16.4. The van der Waals surface area contributed by atoms with Gasteiger partial charge in [0.05, 0.1) is 11.6 Å². The summed E-state index contributed by atoms with van der Waals surface area (Å²) in [5.74, 6) is 0.267. The summed E-state index contributed by atoms with van der Waals surface area (Å²) in [6, 6.07) is 21.3. The normalized spacial score (nSPS) is 18.0. The maximum absolute atomic E-state index is 11.4. The molecule has 0 saturated carbocycles. The van der Waals surface area contributed by atoms with Gasteiger partial charge in [-0.1, -0.05) is 81.4 Å². The molecule has 2 aromatic rings. The van der Waals surface area contributed by atoms with Gasteiger partial charge in [-0.25, -0.2) is 4.79 Å². The minimum atomic E-state index is -0.950. The highest BCUT2D eigenvalue weighted by molar-refractivity contribution is 5.66. The third kappa shape index (κ3) is 3.86. The Morgan fingerprint density at radius 3 is 1.78 bits per heavy atom. The summed E-state index contributed by atoms with van der Waals surface area (Å²) in [6.07, 6.45) is -0.950. The zero-order valence-corrected chi connectivity index (χ0v) is 16.6. The van der Waals surface area contributed by atoms with E-state index in [0.717, 1.165) is 13.1 Å². The Bertz CT molecular complexity index is 724. The van der Waals surface area contributed by atoms with E-state index in [1.807, 2.05) is 19.1 Å². The summed E-state index contributed by atoms with van der Waals surface area (Å²) in [4.78, 5) is 13.9. The van der Waals surface area contributed by atoms with E-state index in [1.54, 1.807) is 0 Å². The van der Waals surface area contributed by atoms with Gasteiger partial charge in [0.25, 0.3) is 0 Å². The lowest BCUT2D eigenvalue weighted by molar-refractivity contribution is -0.0323. The predicted octanol–water partition coefficient (Wildman–Crippen LogP) is 4.78. The fourth-order valence-electron chi connectivity index (χ4n) is 4.10. The predicted molar refractivity (Wildman–Crippen MR) is 109 cm³/mol. The number of amides is 1. The highest BCUT2D eigenvalue weighted by Gasteiger charge is 2.51. The zero-order valence-electron chi connectivity index (χ0n) is 16.6. The molecule has 4 nitrogen and oxygen atoms in total. The van der Waals surface area contributed by atoms with Crippen LogP contribution in [0.15, 0.2) is 60.7 Å². The lowest BCUT2D eigenvalue weighted by Gasteiger charge is -2.56. The molecule has 1 fully saturated rings. The van der Waals surface area contributed by atoms with Crippen molar-refractivity contribution in [3.63, 3.8) is 0 Å². The van der Waals surface area contributed by atoms with Crippen molar-refractivity contribution >= 4 is 6.09 Å². The van der Waals surface area contributed by atoms with Crippen molar-refractivity contribution in [1.82, 2.24) is 10.2 Å². The van der Waals surface area contributed by atoms with Crippen LogP contribution in [0.5, 0.6) is 0 Å². The molecule has 0 aliphatic carbocycles. The molecule has 2 N–H and O–H groups in total. The van der Waals surface area contributed by atoms with Gasteiger partial charge in [0.1, 0.15) is 0 Å². The fourth-order valence-corrected chi connectivity index (χ4v) is 4.10. The van der Waals surface area contributed by atoms with Crippen molar-refractivity contribution in [2.24, 2.45) is 11.3 Å². The largest absolute Gasteiger partial charge is 0.465 e. The molecule has 1 atom stereocenters. The number of benzene rings is 2. The van der Waals surface area contributed by atoms with Crippen LogP contribution in [0.2, 0.25) is 0 Å². The molecule has 1 aliphatic heterocycles. The van der Waals surface area contributed by atoms with E-state index in [4.69, 9.17) is 0 Å². The van der Waals surface area contributed by atoms with E-state index in [0.29, 0.717) is 0 Å². The van der Waals surface area contributed by atoms with Crippen molar-refractivity contribution in [2.45, 2.75) is 39.3 Å². The first-order chi connectivity index (χ1) is 12.7. The third-order valence-electron chi connectivity index (χ3n) is 6.25. The molecule has 3 rings (SSSR count). The second kappa shape index (κ2) is 7.35. The van der Waals surface area contributed by atoms with E-state index >= 15 is 0 Å². The molecule has 2 aromatic carbocycles. The van der Waals surface area contributed by atoms with Gasteiger partial charge in [0.2, 0.25) is 0 Å². The van der Waals surface area contributed by atoms with Crippen LogP contribution >= 0.6 is 0 Å². The zero-order chi connectivity index (χ0) is 19.7. The fraction of sp³-hybridized carbons (Fsp3) is 0.435. The van der Waals surface area contributed by atoms with Crippen molar-refractivity contribution in [1.29, 1.82) is 0 Å². The molecule has 0 spiro atoms. The SMILES string of the molecule is CC(C)(C)C(C)(NC(=O)O)C1CN(C(c2ccccc2)c2ccccc2)C1. The lowest BCUT2D eigenvalue weighted by atomic mass is 9.64. The van der Waals surface area contributed by atoms with Crippen molar-refractivity contribution in [3.05, 3.63) is 71.8 Å². The number of rotatable bonds is 5. The first-order valence-corrected chi connectivity index (χ1v) is 9.57. The summed E-state index contributed by atoms with van der Waals surface area (Å²) < 4.78 is 0. The number of nitrogens with zero attached hydrogens (tertiary/aromatic N) is 1. The molecule has 1 heterocycles. The molecule has 1 aliphatic rings. The standard InChI is InChI=1S/C23H30N2O2/c1-22(2,3)23(4,24-21(26)27)19-15-25(16-19)20(17-11-7-5-8-12-17)18-13-9-6-10-14-18/h5-14,19-20,24H,15-16H2,1-4H3,(H,26,27). The summed E-state index contributed by atoms with van der Waals surface area (Å²) in [7, 11) is 0. The Hall–Kier alpha value is -2.33. The number of likely N-dealkylation sites (tertiary alicyclic amines) is 1. The minimum absolute atomic E-state index is 0.170. The van der Waals surface area contributed by atoms with Gasteiger partial charge in [-0.2, -0.15) is 0 Å². The molecule has 1 saturated heterocycles. The lowest BCUT2D eigenvalue weighted by Crippen LogP contribution is -2.68. The number of hydrogen-bond donors (Lipinski definition) is 2. The van der Waals surface area contributed by atoms with Gasteiger partial charge >= 0.3 is 6.09 Å². The van der Waals surface area contributed by atoms with Crippen molar-refractivity contribution in [3.8, 4) is 0 Å². The average Bonchev–Trinajstić information content (AvgIpc) is 2.57. The van der Waals surface area contributed by atoms with Crippen LogP contribution in [-0.2, 0) is 0 Å². The third-order valence-corrected chi connectivity index (χ3v) is 6.25. The van der Waals surface area contributed by atoms with E-state index in [-0.39, 0.29) is 17.4 Å². The smallest absolute Gasteiger partial charge is 0.405 e. The molecule has 0 radical (unpaired) electrons. The van der Waals surface area contributed by atoms with Crippen LogP contribution in [-0.4, -0.2) is 34.7 Å². The Balaban J connectivity index is 1.85. The monoisotopic (exact) mass is 366 g/mol. The maximum Gasteiger partial charge on any atom is 0.405 e. The van der Waals surface area contributed by atoms with E-state index in [1.165, 1.54) is 11.1 Å². The number of carbonyl (C=O) groups is 1. The van der Waals surface area contributed by atoms with Crippen LogP contribution in [0.3, 0.4) is 0 Å². The number of hydrogen-bond acceptors (Lipinski definition) is 2. The Kier molecular flexibility index (Phi) is 5.29. The van der Waals surface area contributed by atoms with Gasteiger partial charge in [0.15, 0.2) is 0 Å². The summed E-state index contributed by atoms with van der Waals surface area (Å²) in [5, 5.41) is 12.2. The molecule has 27 heavy (non-hydrogen) atoms. The van der Waals surface area contributed by atoms with E-state index < -0.39 is 11.6 Å². The molecule has 1 unspecified atom stereocenters. The van der Waals surface area contributed by atoms with E-state index in [2.05, 4.69) is 79.5 Å². The van der Waals surface area contributed by atoms with Crippen molar-refractivity contribution in [2.75, 3.05) is 13.1 Å². The van der Waals surface area contributed by atoms with Crippen LogP contribution < -0.4 is 5.32 Å². The topological polar surface area (TPSA) is 52.6 Å². The van der Waals surface area contributed by atoms with E-state index in [9.17, 15) is 9.90 Å². The Morgan fingerprint density at radius 1 is 0.963 bits per heavy atom. The minimum Gasteiger partial charge on any atom is -0.465 e. The first-order valence-electron chi connectivity index (χ1n) is 9.57. The molecule has 0 bridgehead atoms. The van der Waals surface area contributed by atoms with Crippen LogP contribution in [0, 0.1) is 11.3 Å². The summed E-state index contributed by atoms with van der Waals surface area (Å²) >= 11 is 0. The van der Waals surface area contributed by atoms with Gasteiger partial charge in [-0.3, -0.25) is 4.90 Å². The molecule has 144 valence electrons. The van der Waals surface area contributed by atoms with Gasteiger partial charge < -0.3 is 10.4 Å². The van der Waals surface area contributed by atoms with Gasteiger partial charge in [0, 0.05) is 19.0 Å². The average molecular weight is 367 g/mol. The molecular formula is C23H30N2O2.